The molecule has 0 unspecified atom stereocenters. The number of likely N-dealkylation sites (N-methyl/N-ethyl adjacent to an activating group) is 1. The molecule has 150 valence electrons. The van der Waals surface area contributed by atoms with Crippen LogP contribution in [0.25, 0.3) is 0 Å². The number of rotatable bonds is 4. The summed E-state index contributed by atoms with van der Waals surface area (Å²) in [4.78, 5) is 34.3. The van der Waals surface area contributed by atoms with Gasteiger partial charge in [-0.15, -0.1) is 0 Å². The van der Waals surface area contributed by atoms with Crippen LogP contribution in [0.5, 0.6) is 0 Å². The molecule has 3 heterocycles. The minimum atomic E-state index is -0.529. The number of anilines is 2. The Bertz CT molecular complexity index is 764. The molecule has 1 N–H and O–H groups in total. The second-order valence-corrected chi connectivity index (χ2v) is 7.29. The largest absolute Gasteiger partial charge is 0.367 e. The number of aromatic nitrogens is 1. The summed E-state index contributed by atoms with van der Waals surface area (Å²) in [6.07, 6.45) is 3.46. The summed E-state index contributed by atoms with van der Waals surface area (Å²) in [5.74, 6) is -0.901. The van der Waals surface area contributed by atoms with Gasteiger partial charge in [-0.2, -0.15) is 5.26 Å². The van der Waals surface area contributed by atoms with Gasteiger partial charge in [0.05, 0.1) is 24.2 Å². The number of hydrogen-bond acceptors (Lipinski definition) is 6. The van der Waals surface area contributed by atoms with Gasteiger partial charge >= 0.3 is 0 Å². The zero-order valence-corrected chi connectivity index (χ0v) is 16.0. The fraction of sp³-hybridized carbons (Fsp3) is 0.579. The summed E-state index contributed by atoms with van der Waals surface area (Å²) in [5, 5.41) is 11.2. The number of nitrogens with zero attached hydrogens (tertiary/aromatic N) is 5. The van der Waals surface area contributed by atoms with Crippen LogP contribution in [0.4, 0.5) is 15.8 Å². The van der Waals surface area contributed by atoms with E-state index in [1.165, 1.54) is 6.20 Å². The smallest absolute Gasteiger partial charge is 0.238 e. The van der Waals surface area contributed by atoms with E-state index in [2.05, 4.69) is 22.2 Å². The fourth-order valence-electron chi connectivity index (χ4n) is 3.74. The van der Waals surface area contributed by atoms with Gasteiger partial charge in [0.2, 0.25) is 11.8 Å². The maximum atomic E-state index is 14.5. The van der Waals surface area contributed by atoms with Gasteiger partial charge < -0.3 is 20.0 Å². The van der Waals surface area contributed by atoms with Crippen molar-refractivity contribution >= 4 is 23.2 Å². The monoisotopic (exact) mass is 388 g/mol. The van der Waals surface area contributed by atoms with Crippen LogP contribution in [0.1, 0.15) is 19.3 Å². The number of carbonyl (C=O) groups is 2. The highest BCUT2D eigenvalue weighted by Gasteiger charge is 2.31. The first kappa shape index (κ1) is 20.0. The maximum absolute atomic E-state index is 14.5. The second-order valence-electron chi connectivity index (χ2n) is 7.29. The van der Waals surface area contributed by atoms with Gasteiger partial charge in [0.15, 0.2) is 5.82 Å². The van der Waals surface area contributed by atoms with Gasteiger partial charge in [0.1, 0.15) is 12.1 Å². The number of carbonyl (C=O) groups excluding carboxylic acids is 2. The van der Waals surface area contributed by atoms with Crippen molar-refractivity contribution in [3.8, 4) is 6.07 Å². The third-order valence-electron chi connectivity index (χ3n) is 5.36. The van der Waals surface area contributed by atoms with Crippen molar-refractivity contribution in [1.82, 2.24) is 14.8 Å². The van der Waals surface area contributed by atoms with Gasteiger partial charge in [-0.25, -0.2) is 4.39 Å². The molecule has 2 saturated heterocycles. The molecule has 3 rings (SSSR count). The Morgan fingerprint density at radius 1 is 1.21 bits per heavy atom. The Balaban J connectivity index is 1.64. The Labute approximate surface area is 163 Å². The maximum Gasteiger partial charge on any atom is 0.238 e. The van der Waals surface area contributed by atoms with Crippen LogP contribution in [0.2, 0.25) is 0 Å². The summed E-state index contributed by atoms with van der Waals surface area (Å²) in [6, 6.07) is 1.77. The zero-order chi connectivity index (χ0) is 20.1. The molecular weight excluding hydrogens is 363 g/mol. The SMILES string of the molecule is CN1CCN(C(=O)C2CCN(c3c(F)cncc3NC(=O)CC#N)CC2)CC1. The van der Waals surface area contributed by atoms with E-state index in [0.717, 1.165) is 32.4 Å². The van der Waals surface area contributed by atoms with E-state index in [0.29, 0.717) is 25.9 Å². The van der Waals surface area contributed by atoms with Gasteiger partial charge in [-0.1, -0.05) is 0 Å². The third kappa shape index (κ3) is 4.57. The second kappa shape index (κ2) is 8.97. The number of pyridine rings is 1. The number of nitriles is 1. The number of piperidine rings is 1. The Hall–Kier alpha value is -2.73. The third-order valence-corrected chi connectivity index (χ3v) is 5.36. The van der Waals surface area contributed by atoms with Gasteiger partial charge in [-0.3, -0.25) is 14.6 Å². The standard InChI is InChI=1S/C19H25FN6O2/c1-24-8-10-26(11-9-24)19(28)14-3-6-25(7-4-14)18-15(20)12-22-13-16(18)23-17(27)2-5-21/h12-14H,2-4,6-11H2,1H3,(H,23,27). The quantitative estimate of drug-likeness (QED) is 0.829. The Kier molecular flexibility index (Phi) is 6.41. The van der Waals surface area contributed by atoms with Crippen molar-refractivity contribution in [3.63, 3.8) is 0 Å². The van der Waals surface area contributed by atoms with Crippen LogP contribution < -0.4 is 10.2 Å². The van der Waals surface area contributed by atoms with Crippen molar-refractivity contribution in [3.05, 3.63) is 18.2 Å². The van der Waals surface area contributed by atoms with Crippen LogP contribution in [0.3, 0.4) is 0 Å². The lowest BCUT2D eigenvalue weighted by molar-refractivity contribution is -0.137. The number of piperazine rings is 1. The molecule has 8 nitrogen and oxygen atoms in total. The van der Waals surface area contributed by atoms with Crippen molar-refractivity contribution in [1.29, 1.82) is 5.26 Å². The van der Waals surface area contributed by atoms with E-state index in [1.54, 1.807) is 6.07 Å². The topological polar surface area (TPSA) is 92.6 Å². The molecule has 2 amide bonds. The Morgan fingerprint density at radius 3 is 2.54 bits per heavy atom. The van der Waals surface area contributed by atoms with E-state index >= 15 is 0 Å². The van der Waals surface area contributed by atoms with Crippen LogP contribution >= 0.6 is 0 Å². The van der Waals surface area contributed by atoms with Crippen LogP contribution in [-0.2, 0) is 9.59 Å². The average molecular weight is 388 g/mol. The molecule has 28 heavy (non-hydrogen) atoms. The summed E-state index contributed by atoms with van der Waals surface area (Å²) < 4.78 is 14.5. The predicted molar refractivity (Wildman–Crippen MR) is 102 cm³/mol. The minimum Gasteiger partial charge on any atom is -0.367 e. The number of halogens is 1. The van der Waals surface area contributed by atoms with Crippen LogP contribution in [-0.4, -0.2) is 72.9 Å². The molecule has 0 aromatic carbocycles. The van der Waals surface area contributed by atoms with Crippen LogP contribution in [0.15, 0.2) is 12.4 Å². The Morgan fingerprint density at radius 2 is 1.89 bits per heavy atom. The van der Waals surface area contributed by atoms with E-state index in [9.17, 15) is 14.0 Å². The van der Waals surface area contributed by atoms with Crippen molar-refractivity contribution in [2.45, 2.75) is 19.3 Å². The number of amides is 2. The molecular formula is C19H25FN6O2. The highest BCUT2D eigenvalue weighted by atomic mass is 19.1. The summed E-state index contributed by atoms with van der Waals surface area (Å²) in [6.45, 7) is 4.32. The first-order chi connectivity index (χ1) is 13.5. The first-order valence-corrected chi connectivity index (χ1v) is 9.52. The predicted octanol–water partition coefficient (Wildman–Crippen LogP) is 1.06. The normalized spacial score (nSPS) is 18.6. The van der Waals surface area contributed by atoms with E-state index < -0.39 is 11.7 Å². The summed E-state index contributed by atoms with van der Waals surface area (Å²) in [7, 11) is 2.05. The lowest BCUT2D eigenvalue weighted by atomic mass is 9.94. The summed E-state index contributed by atoms with van der Waals surface area (Å²) in [5.41, 5.74) is 0.524. The first-order valence-electron chi connectivity index (χ1n) is 9.52. The average Bonchev–Trinajstić information content (AvgIpc) is 2.69. The molecule has 9 heteroatoms. The molecule has 1 aromatic heterocycles. The van der Waals surface area contributed by atoms with Gasteiger partial charge in [0, 0.05) is 45.2 Å². The molecule has 0 radical (unpaired) electrons. The van der Waals surface area contributed by atoms with E-state index in [-0.39, 0.29) is 29.6 Å². The molecule has 2 aliphatic rings. The minimum absolute atomic E-state index is 0.0545. The molecule has 0 atom stereocenters. The van der Waals surface area contributed by atoms with E-state index in [1.807, 2.05) is 9.80 Å². The van der Waals surface area contributed by atoms with Crippen molar-refractivity contribution in [2.24, 2.45) is 5.92 Å². The molecule has 1 aromatic rings. The molecule has 0 aliphatic carbocycles. The van der Waals surface area contributed by atoms with Gasteiger partial charge in [-0.05, 0) is 19.9 Å². The van der Waals surface area contributed by atoms with Gasteiger partial charge in [0.25, 0.3) is 0 Å². The molecule has 0 bridgehead atoms. The van der Waals surface area contributed by atoms with Crippen LogP contribution in [0, 0.1) is 23.1 Å². The molecule has 2 fully saturated rings. The summed E-state index contributed by atoms with van der Waals surface area (Å²) >= 11 is 0. The molecule has 2 aliphatic heterocycles. The molecule has 0 spiro atoms. The fourth-order valence-corrected chi connectivity index (χ4v) is 3.74. The number of nitrogens with one attached hydrogen (secondary N) is 1. The highest BCUT2D eigenvalue weighted by Crippen LogP contribution is 2.32. The number of hydrogen-bond donors (Lipinski definition) is 1. The lowest BCUT2D eigenvalue weighted by Crippen LogP contribution is -2.50. The zero-order valence-electron chi connectivity index (χ0n) is 16.0. The van der Waals surface area contributed by atoms with Crippen molar-refractivity contribution in [2.75, 3.05) is 56.5 Å². The van der Waals surface area contributed by atoms with Crippen molar-refractivity contribution < 1.29 is 14.0 Å². The highest BCUT2D eigenvalue weighted by molar-refractivity contribution is 5.95. The van der Waals surface area contributed by atoms with E-state index in [4.69, 9.17) is 5.26 Å². The lowest BCUT2D eigenvalue weighted by Gasteiger charge is -2.38. The molecule has 0 saturated carbocycles.